The quantitative estimate of drug-likeness (QED) is 0.0995. The number of hydrogen-bond acceptors (Lipinski definition) is 2. The van der Waals surface area contributed by atoms with Crippen LogP contribution in [0.5, 0.6) is 0 Å². The second-order valence-corrected chi connectivity index (χ2v) is 12.9. The van der Waals surface area contributed by atoms with Gasteiger partial charge in [0.05, 0.1) is 13.2 Å². The molecular weight excluding hydrogens is 522 g/mol. The Kier molecular flexibility index (Phi) is 19.2. The third-order valence-corrected chi connectivity index (χ3v) is 8.88. The van der Waals surface area contributed by atoms with E-state index in [1.54, 1.807) is 7.06 Å². The minimum absolute atomic E-state index is 0. The summed E-state index contributed by atoms with van der Waals surface area (Å²) < 4.78 is 0. The third-order valence-electron chi connectivity index (χ3n) is 8.88. The standard InChI is InChI=1S/C28H50B6O2.Y/c1-19(2)14-13-17-31-20(3)15-16-21(4)34(30)24(7)22(5)23(6)25(36)28(10,11)26(33(12)32-29)27(8,9)18-35;/h14,20-24,26H,1,13,15-17H2,2-12H3;/q-2;. The summed E-state index contributed by atoms with van der Waals surface area (Å²) in [4.78, 5) is 25.7. The van der Waals surface area contributed by atoms with Gasteiger partial charge in [-0.05, 0) is 5.92 Å². The molecule has 0 aliphatic carbocycles. The van der Waals surface area contributed by atoms with Gasteiger partial charge in [-0.25, -0.2) is 18.6 Å². The van der Waals surface area contributed by atoms with Crippen LogP contribution in [0, 0.1) is 29.1 Å². The van der Waals surface area contributed by atoms with Crippen LogP contribution in [0.25, 0.3) is 0 Å². The molecule has 197 valence electrons. The molecule has 6 unspecified atom stereocenters. The molecule has 0 fully saturated rings. The Hall–Kier alpha value is 0.444. The first-order chi connectivity index (χ1) is 16.4. The first-order valence-electron chi connectivity index (χ1n) is 14.0. The van der Waals surface area contributed by atoms with Crippen molar-refractivity contribution in [1.29, 1.82) is 0 Å². The molecule has 6 atom stereocenters. The summed E-state index contributed by atoms with van der Waals surface area (Å²) in [6, 6.07) is 0. The molecule has 9 heteroatoms. The topological polar surface area (TPSA) is 34.1 Å². The Morgan fingerprint density at radius 3 is 2.11 bits per heavy atom. The number of hydrogen-bond donors (Lipinski definition) is 0. The van der Waals surface area contributed by atoms with E-state index >= 15 is 0 Å². The van der Waals surface area contributed by atoms with Crippen LogP contribution >= 0.6 is 0 Å². The molecule has 0 aliphatic rings. The van der Waals surface area contributed by atoms with Crippen LogP contribution in [-0.4, -0.2) is 55.1 Å². The third kappa shape index (κ3) is 12.2. The molecule has 0 rings (SSSR count). The molecule has 0 N–H and O–H groups in total. The average molecular weight is 572 g/mol. The molecule has 2 nitrogen and oxygen atoms in total. The fourth-order valence-corrected chi connectivity index (χ4v) is 6.24. The van der Waals surface area contributed by atoms with Crippen LogP contribution in [-0.2, 0) is 42.3 Å². The van der Waals surface area contributed by atoms with Crippen molar-refractivity contribution in [2.75, 3.05) is 0 Å². The number of ketones is 1. The van der Waals surface area contributed by atoms with E-state index in [0.717, 1.165) is 31.2 Å². The van der Waals surface area contributed by atoms with Gasteiger partial charge in [-0.3, -0.25) is 11.1 Å². The normalized spacial score (nSPS) is 16.6. The molecule has 0 aromatic heterocycles. The minimum Gasteiger partial charge on any atom is -0.541 e. The zero-order valence-electron chi connectivity index (χ0n) is 25.9. The molecule has 0 amide bonds. The molecule has 0 saturated heterocycles. The fourth-order valence-electron chi connectivity index (χ4n) is 6.24. The van der Waals surface area contributed by atoms with Gasteiger partial charge in [0.15, 0.2) is 0 Å². The monoisotopic (exact) mass is 573 g/mol. The molecule has 0 aliphatic heterocycles. The second kappa shape index (κ2) is 18.0. The van der Waals surface area contributed by atoms with E-state index in [-0.39, 0.29) is 75.2 Å². The van der Waals surface area contributed by atoms with E-state index in [4.69, 9.17) is 15.5 Å². The van der Waals surface area contributed by atoms with Crippen molar-refractivity contribution in [1.82, 2.24) is 0 Å². The predicted octanol–water partition coefficient (Wildman–Crippen LogP) is 6.59. The molecule has 0 aromatic carbocycles. The molecule has 0 aromatic rings. The minimum atomic E-state index is -0.788. The Labute approximate surface area is 261 Å². The Bertz CT molecular complexity index is 702. The number of carbonyl (C=O) groups excluding carboxylic acids is 2. The smallest absolute Gasteiger partial charge is 0.141 e. The van der Waals surface area contributed by atoms with Crippen molar-refractivity contribution in [3.63, 3.8) is 0 Å². The van der Waals surface area contributed by atoms with Crippen molar-refractivity contribution in [3.05, 3.63) is 18.6 Å². The molecule has 0 bridgehead atoms. The van der Waals surface area contributed by atoms with Gasteiger partial charge in [0.2, 0.25) is 0 Å². The van der Waals surface area contributed by atoms with E-state index in [2.05, 4.69) is 54.3 Å². The van der Waals surface area contributed by atoms with Crippen LogP contribution in [0.15, 0.2) is 12.2 Å². The summed E-state index contributed by atoms with van der Waals surface area (Å²) >= 11 is 0. The SMILES string of the molecule is [B][B]B(C)C(C(C)(C)[C-]=O)C(C)(C)C(=O)C(C)C(C)C(C)B([B])C(C)CCC(C)[B]CC[CH-]C(=C)C.[Y]. The number of Topliss-reactive ketones (excluding diaryl/α,β-unsaturated/α-hetero) is 1. The van der Waals surface area contributed by atoms with E-state index in [0.29, 0.717) is 11.6 Å². The number of carbonyl (C=O) groups is 1. The van der Waals surface area contributed by atoms with Gasteiger partial charge >= 0.3 is 0 Å². The van der Waals surface area contributed by atoms with Crippen molar-refractivity contribution in [2.45, 2.75) is 125 Å². The Morgan fingerprint density at radius 2 is 1.65 bits per heavy atom. The van der Waals surface area contributed by atoms with Crippen molar-refractivity contribution in [3.8, 4) is 0 Å². The molecule has 37 heavy (non-hydrogen) atoms. The maximum Gasteiger partial charge on any atom is 0.141 e. The van der Waals surface area contributed by atoms with Crippen molar-refractivity contribution in [2.24, 2.45) is 22.7 Å². The van der Waals surface area contributed by atoms with Gasteiger partial charge < -0.3 is 4.79 Å². The molecule has 0 spiro atoms. The van der Waals surface area contributed by atoms with Crippen LogP contribution in [0.4, 0.5) is 0 Å². The van der Waals surface area contributed by atoms with Crippen LogP contribution < -0.4 is 0 Å². The molecular formula is C28H50B6O2Y-2. The first-order valence-corrected chi connectivity index (χ1v) is 14.0. The fraction of sp³-hybridized carbons (Fsp3) is 0.821. The molecule has 0 saturated carbocycles. The Morgan fingerprint density at radius 1 is 1.11 bits per heavy atom. The van der Waals surface area contributed by atoms with Crippen LogP contribution in [0.3, 0.4) is 0 Å². The van der Waals surface area contributed by atoms with E-state index in [1.165, 1.54) is 0 Å². The number of rotatable bonds is 19. The summed E-state index contributed by atoms with van der Waals surface area (Å²) in [6.07, 6.45) is 8.69. The van der Waals surface area contributed by atoms with Gasteiger partial charge in [-0.1, -0.05) is 118 Å². The van der Waals surface area contributed by atoms with Gasteiger partial charge in [-0.2, -0.15) is 0 Å². The van der Waals surface area contributed by atoms with Crippen molar-refractivity contribution >= 4 is 55.1 Å². The zero-order chi connectivity index (χ0) is 28.4. The van der Waals surface area contributed by atoms with Crippen LogP contribution in [0.1, 0.15) is 88.5 Å². The van der Waals surface area contributed by atoms with Gasteiger partial charge in [0.1, 0.15) is 13.1 Å². The average Bonchev–Trinajstić information content (AvgIpc) is 2.81. The summed E-state index contributed by atoms with van der Waals surface area (Å²) in [7, 11) is 16.7. The van der Waals surface area contributed by atoms with E-state index in [1.807, 2.05) is 48.4 Å². The number of allylic oxidation sites excluding steroid dienone is 1. The molecule has 0 heterocycles. The van der Waals surface area contributed by atoms with Gasteiger partial charge in [0.25, 0.3) is 0 Å². The summed E-state index contributed by atoms with van der Waals surface area (Å²) in [6.45, 7) is 26.4. The molecule has 7 radical (unpaired) electrons. The van der Waals surface area contributed by atoms with Crippen molar-refractivity contribution < 1.29 is 42.3 Å². The second-order valence-electron chi connectivity index (χ2n) is 12.9. The largest absolute Gasteiger partial charge is 0.541 e. The Balaban J connectivity index is 0. The van der Waals surface area contributed by atoms with Gasteiger partial charge in [-0.15, -0.1) is 11.8 Å². The van der Waals surface area contributed by atoms with Gasteiger partial charge in [0, 0.05) is 66.6 Å². The zero-order valence-corrected chi connectivity index (χ0v) is 28.8. The van der Waals surface area contributed by atoms with E-state index < -0.39 is 10.8 Å². The summed E-state index contributed by atoms with van der Waals surface area (Å²) in [5, 5.41) is 0. The maximum absolute atomic E-state index is 13.9. The summed E-state index contributed by atoms with van der Waals surface area (Å²) in [5.74, 6) is 0.989. The maximum atomic E-state index is 13.9. The summed E-state index contributed by atoms with van der Waals surface area (Å²) in [5.41, 5.74) is -0.389. The van der Waals surface area contributed by atoms with Crippen LogP contribution in [0.2, 0.25) is 36.4 Å². The first kappa shape index (κ1) is 39.6. The van der Waals surface area contributed by atoms with E-state index in [9.17, 15) is 9.59 Å². The predicted molar refractivity (Wildman–Crippen MR) is 167 cm³/mol.